The summed E-state index contributed by atoms with van der Waals surface area (Å²) in [5.74, 6) is 0.726. The smallest absolute Gasteiger partial charge is 0.223 e. The molecule has 5 rings (SSSR count). The van der Waals surface area contributed by atoms with Gasteiger partial charge < -0.3 is 10.8 Å². The maximum absolute atomic E-state index is 9.59. The molecule has 0 spiro atoms. The highest BCUT2D eigenvalue weighted by Gasteiger charge is 2.27. The quantitative estimate of drug-likeness (QED) is 0.511. The van der Waals surface area contributed by atoms with E-state index in [2.05, 4.69) is 26.1 Å². The molecule has 0 atom stereocenters. The number of likely N-dealkylation sites (tertiary alicyclic amines) is 1. The van der Waals surface area contributed by atoms with Crippen molar-refractivity contribution in [2.24, 2.45) is 0 Å². The lowest BCUT2D eigenvalue weighted by Crippen LogP contribution is -2.50. The number of nitrogens with two attached hydrogens (primary N) is 1. The number of hydrogen-bond donors (Lipinski definition) is 2. The van der Waals surface area contributed by atoms with Crippen LogP contribution in [0.4, 0.5) is 5.95 Å². The van der Waals surface area contributed by atoms with E-state index in [1.54, 1.807) is 24.4 Å². The molecule has 0 unspecified atom stereocenters. The SMILES string of the molecule is N#Cc1ccccc1-c1nc(N)n2nc(CN3CC(O)C3)nc2c1-c1ccncn1. The molecule has 3 aromatic heterocycles. The first kappa shape index (κ1) is 18.1. The van der Waals surface area contributed by atoms with Gasteiger partial charge in [-0.25, -0.2) is 19.9 Å². The molecule has 0 aliphatic carbocycles. The monoisotopic (exact) mass is 399 g/mol. The number of nitriles is 1. The summed E-state index contributed by atoms with van der Waals surface area (Å²) in [6, 6.07) is 11.1. The van der Waals surface area contributed by atoms with Crippen LogP contribution >= 0.6 is 0 Å². The third kappa shape index (κ3) is 3.02. The number of β-amino-alcohol motifs (C(OH)–C–C–N with tert-alkyl or cyclic N) is 1. The number of aliphatic hydroxyl groups is 1. The number of anilines is 1. The van der Waals surface area contributed by atoms with Gasteiger partial charge in [-0.3, -0.25) is 4.90 Å². The van der Waals surface area contributed by atoms with Crippen molar-refractivity contribution >= 4 is 11.6 Å². The molecule has 3 N–H and O–H groups in total. The molecule has 10 nitrogen and oxygen atoms in total. The first-order valence-corrected chi connectivity index (χ1v) is 9.35. The van der Waals surface area contributed by atoms with E-state index in [0.29, 0.717) is 59.2 Å². The Bertz CT molecular complexity index is 1270. The van der Waals surface area contributed by atoms with Crippen molar-refractivity contribution in [2.45, 2.75) is 12.6 Å². The molecule has 1 fully saturated rings. The molecule has 1 aliphatic rings. The van der Waals surface area contributed by atoms with Gasteiger partial charge in [-0.15, -0.1) is 5.10 Å². The van der Waals surface area contributed by atoms with E-state index in [4.69, 9.17) is 10.7 Å². The van der Waals surface area contributed by atoms with Gasteiger partial charge in [0.25, 0.3) is 0 Å². The average molecular weight is 399 g/mol. The number of hydrogen-bond acceptors (Lipinski definition) is 9. The standard InChI is InChI=1S/C20H17N9O/c21-7-12-3-1-2-4-14(12)18-17(15-5-6-23-11-24-15)19-25-16(10-28-8-13(30)9-28)27-29(19)20(22)26-18/h1-6,11,13,30H,8-10H2,(H2,22,26). The molecule has 148 valence electrons. The third-order valence-electron chi connectivity index (χ3n) is 5.00. The molecule has 1 aromatic carbocycles. The van der Waals surface area contributed by atoms with Crippen LogP contribution in [0.5, 0.6) is 0 Å². The predicted octanol–water partition coefficient (Wildman–Crippen LogP) is 0.879. The highest BCUT2D eigenvalue weighted by Crippen LogP contribution is 2.35. The first-order chi connectivity index (χ1) is 14.6. The molecular weight excluding hydrogens is 382 g/mol. The van der Waals surface area contributed by atoms with Gasteiger partial charge in [0.05, 0.1) is 41.2 Å². The summed E-state index contributed by atoms with van der Waals surface area (Å²) in [5.41, 5.74) is 9.56. The van der Waals surface area contributed by atoms with E-state index in [-0.39, 0.29) is 12.1 Å². The minimum absolute atomic E-state index is 0.160. The van der Waals surface area contributed by atoms with Crippen LogP contribution < -0.4 is 5.73 Å². The molecule has 1 saturated heterocycles. The zero-order valence-electron chi connectivity index (χ0n) is 15.8. The summed E-state index contributed by atoms with van der Waals surface area (Å²) in [6.07, 6.45) is 2.77. The Morgan fingerprint density at radius 3 is 2.77 bits per heavy atom. The van der Waals surface area contributed by atoms with Crippen molar-refractivity contribution in [1.29, 1.82) is 5.26 Å². The van der Waals surface area contributed by atoms with Crippen LogP contribution in [-0.2, 0) is 6.54 Å². The summed E-state index contributed by atoms with van der Waals surface area (Å²) in [7, 11) is 0. The molecule has 0 amide bonds. The van der Waals surface area contributed by atoms with Crippen LogP contribution in [0.3, 0.4) is 0 Å². The molecule has 1 aliphatic heterocycles. The van der Waals surface area contributed by atoms with E-state index in [1.165, 1.54) is 10.8 Å². The van der Waals surface area contributed by atoms with E-state index in [1.807, 2.05) is 17.0 Å². The Balaban J connectivity index is 1.74. The van der Waals surface area contributed by atoms with Gasteiger partial charge in [-0.2, -0.15) is 9.78 Å². The number of aliphatic hydroxyl groups excluding tert-OH is 1. The normalized spacial score (nSPS) is 14.5. The second-order valence-corrected chi connectivity index (χ2v) is 7.06. The minimum Gasteiger partial charge on any atom is -0.390 e. The van der Waals surface area contributed by atoms with E-state index in [9.17, 15) is 10.4 Å². The Kier molecular flexibility index (Phi) is 4.31. The van der Waals surface area contributed by atoms with Gasteiger partial charge in [-0.05, 0) is 12.1 Å². The Hall–Kier alpha value is -3.94. The van der Waals surface area contributed by atoms with Crippen LogP contribution in [0.1, 0.15) is 11.4 Å². The summed E-state index contributed by atoms with van der Waals surface area (Å²) in [4.78, 5) is 19.7. The molecule has 0 bridgehead atoms. The molecule has 30 heavy (non-hydrogen) atoms. The van der Waals surface area contributed by atoms with Crippen molar-refractivity contribution in [2.75, 3.05) is 18.8 Å². The van der Waals surface area contributed by atoms with Gasteiger partial charge in [0.1, 0.15) is 6.33 Å². The molecular formula is C20H17N9O. The summed E-state index contributed by atoms with van der Waals surface area (Å²) in [6.45, 7) is 1.66. The van der Waals surface area contributed by atoms with Gasteiger partial charge in [-0.1, -0.05) is 18.2 Å². The minimum atomic E-state index is -0.306. The lowest BCUT2D eigenvalue weighted by atomic mass is 9.99. The first-order valence-electron chi connectivity index (χ1n) is 9.35. The largest absolute Gasteiger partial charge is 0.390 e. The highest BCUT2D eigenvalue weighted by atomic mass is 16.3. The van der Waals surface area contributed by atoms with Crippen LogP contribution in [0.2, 0.25) is 0 Å². The lowest BCUT2D eigenvalue weighted by Gasteiger charge is -2.34. The van der Waals surface area contributed by atoms with Crippen molar-refractivity contribution in [3.8, 4) is 28.6 Å². The predicted molar refractivity (Wildman–Crippen MR) is 108 cm³/mol. The number of benzene rings is 1. The highest BCUT2D eigenvalue weighted by molar-refractivity contribution is 5.90. The zero-order valence-corrected chi connectivity index (χ0v) is 15.8. The fourth-order valence-corrected chi connectivity index (χ4v) is 3.60. The fraction of sp³-hybridized carbons (Fsp3) is 0.200. The lowest BCUT2D eigenvalue weighted by molar-refractivity contribution is -0.00423. The van der Waals surface area contributed by atoms with E-state index in [0.717, 1.165) is 0 Å². The van der Waals surface area contributed by atoms with Crippen LogP contribution in [-0.4, -0.2) is 58.7 Å². The summed E-state index contributed by atoms with van der Waals surface area (Å²) < 4.78 is 1.49. The molecule has 0 radical (unpaired) electrons. The van der Waals surface area contributed by atoms with Gasteiger partial charge >= 0.3 is 0 Å². The van der Waals surface area contributed by atoms with Crippen molar-refractivity contribution in [3.05, 3.63) is 54.2 Å². The van der Waals surface area contributed by atoms with E-state index < -0.39 is 0 Å². The maximum atomic E-state index is 9.59. The fourth-order valence-electron chi connectivity index (χ4n) is 3.60. The molecule has 4 heterocycles. The topological polar surface area (TPSA) is 142 Å². The number of nitrogens with zero attached hydrogens (tertiary/aromatic N) is 8. The number of fused-ring (bicyclic) bond motifs is 1. The van der Waals surface area contributed by atoms with Gasteiger partial charge in [0.15, 0.2) is 11.5 Å². The molecule has 0 saturated carbocycles. The second kappa shape index (κ2) is 7.14. The number of rotatable bonds is 4. The number of aromatic nitrogens is 6. The van der Waals surface area contributed by atoms with Crippen LogP contribution in [0.25, 0.3) is 28.2 Å². The maximum Gasteiger partial charge on any atom is 0.223 e. The van der Waals surface area contributed by atoms with Crippen molar-refractivity contribution < 1.29 is 5.11 Å². The van der Waals surface area contributed by atoms with Crippen molar-refractivity contribution in [1.82, 2.24) is 34.4 Å². The summed E-state index contributed by atoms with van der Waals surface area (Å²) >= 11 is 0. The Morgan fingerprint density at radius 2 is 2.03 bits per heavy atom. The van der Waals surface area contributed by atoms with Gasteiger partial charge in [0.2, 0.25) is 5.95 Å². The van der Waals surface area contributed by atoms with Crippen LogP contribution in [0, 0.1) is 11.3 Å². The third-order valence-corrected chi connectivity index (χ3v) is 5.00. The van der Waals surface area contributed by atoms with Crippen LogP contribution in [0.15, 0.2) is 42.9 Å². The average Bonchev–Trinajstić information content (AvgIpc) is 3.17. The number of nitrogen functional groups attached to an aromatic ring is 1. The second-order valence-electron chi connectivity index (χ2n) is 7.06. The molecule has 4 aromatic rings. The van der Waals surface area contributed by atoms with Gasteiger partial charge in [0, 0.05) is 24.8 Å². The Morgan fingerprint density at radius 1 is 1.20 bits per heavy atom. The zero-order chi connectivity index (χ0) is 20.7. The van der Waals surface area contributed by atoms with E-state index >= 15 is 0 Å². The Labute approximate surface area is 171 Å². The summed E-state index contributed by atoms with van der Waals surface area (Å²) in [5, 5.41) is 23.6. The van der Waals surface area contributed by atoms with Crippen molar-refractivity contribution in [3.63, 3.8) is 0 Å². The molecule has 10 heteroatoms.